The first-order valence-corrected chi connectivity index (χ1v) is 17.3. The zero-order chi connectivity index (χ0) is 22.2. The number of hydrogen-bond acceptors (Lipinski definition) is 0. The molecule has 2 aliphatic carbocycles. The van der Waals surface area contributed by atoms with Gasteiger partial charge < -0.3 is 0 Å². The summed E-state index contributed by atoms with van der Waals surface area (Å²) in [5, 5.41) is 0. The van der Waals surface area contributed by atoms with Crippen LogP contribution in [0.2, 0.25) is 0 Å². The monoisotopic (exact) mass is 532 g/mol. The molecule has 0 unspecified atom stereocenters. The molecule has 0 aromatic heterocycles. The van der Waals surface area contributed by atoms with Crippen LogP contribution in [0.3, 0.4) is 0 Å². The second-order valence-corrected chi connectivity index (χ2v) is 12.4. The van der Waals surface area contributed by atoms with E-state index in [-0.39, 0.29) is 0 Å². The number of fused-ring (bicyclic) bond motifs is 6. The average Bonchev–Trinajstić information content (AvgIpc) is 3.36. The fraction of sp³-hybridized carbons (Fsp3) is 0.172. The van der Waals surface area contributed by atoms with Crippen LogP contribution < -0.4 is 0 Å². The van der Waals surface area contributed by atoms with Gasteiger partial charge in [0.25, 0.3) is 0 Å². The van der Waals surface area contributed by atoms with Crippen molar-refractivity contribution in [1.29, 1.82) is 0 Å². The molecule has 0 aliphatic heterocycles. The van der Waals surface area contributed by atoms with Gasteiger partial charge in [0.05, 0.1) is 0 Å². The summed E-state index contributed by atoms with van der Waals surface area (Å²) in [5.74, 6) is 0. The van der Waals surface area contributed by atoms with Gasteiger partial charge in [0.15, 0.2) is 0 Å². The Balaban J connectivity index is 0.000000684. The van der Waals surface area contributed by atoms with E-state index in [0.29, 0.717) is 0 Å². The maximum absolute atomic E-state index is 4.93. The third kappa shape index (κ3) is 3.83. The SMILES string of the molecule is Cc1ccc2c(c1Cc1c(C)ccc3c1Cc1ccccc1-3)Cc1ccccc1-2.[Cl][Zr][Cl]. The van der Waals surface area contributed by atoms with Crippen LogP contribution in [0, 0.1) is 13.8 Å². The number of rotatable bonds is 2. The Morgan fingerprint density at radius 3 is 1.44 bits per heavy atom. The van der Waals surface area contributed by atoms with Gasteiger partial charge in [-0.1, -0.05) is 72.8 Å². The minimum atomic E-state index is -0.826. The summed E-state index contributed by atoms with van der Waals surface area (Å²) >= 11 is -0.826. The van der Waals surface area contributed by atoms with Crippen LogP contribution in [0.25, 0.3) is 22.3 Å². The normalized spacial score (nSPS) is 12.2. The molecule has 158 valence electrons. The quantitative estimate of drug-likeness (QED) is 0.209. The third-order valence-electron chi connectivity index (χ3n) is 7.03. The Hall–Kier alpha value is -1.66. The van der Waals surface area contributed by atoms with Gasteiger partial charge in [-0.25, -0.2) is 0 Å². The zero-order valence-corrected chi connectivity index (χ0v) is 22.3. The summed E-state index contributed by atoms with van der Waals surface area (Å²) in [5.41, 5.74) is 17.7. The van der Waals surface area contributed by atoms with Gasteiger partial charge in [0.1, 0.15) is 0 Å². The molecule has 4 aromatic rings. The van der Waals surface area contributed by atoms with E-state index in [1.165, 1.54) is 55.6 Å². The van der Waals surface area contributed by atoms with E-state index in [1.54, 1.807) is 11.1 Å². The van der Waals surface area contributed by atoms with Gasteiger partial charge in [0, 0.05) is 0 Å². The van der Waals surface area contributed by atoms with E-state index in [0.717, 1.165) is 19.3 Å². The van der Waals surface area contributed by atoms with Crippen molar-refractivity contribution in [2.24, 2.45) is 0 Å². The molecule has 0 N–H and O–H groups in total. The topological polar surface area (TPSA) is 0 Å². The summed E-state index contributed by atoms with van der Waals surface area (Å²) in [6.45, 7) is 4.57. The summed E-state index contributed by atoms with van der Waals surface area (Å²) in [6, 6.07) is 27.1. The van der Waals surface area contributed by atoms with Gasteiger partial charge in [-0.15, -0.1) is 0 Å². The van der Waals surface area contributed by atoms with Crippen LogP contribution in [0.4, 0.5) is 0 Å². The molecule has 6 rings (SSSR count). The molecular formula is C29H24Cl2Zr. The van der Waals surface area contributed by atoms with Gasteiger partial charge in [-0.3, -0.25) is 0 Å². The van der Waals surface area contributed by atoms with Gasteiger partial charge in [-0.2, -0.15) is 0 Å². The molecule has 0 amide bonds. The molecule has 0 nitrogen and oxygen atoms in total. The van der Waals surface area contributed by atoms with Gasteiger partial charge >= 0.3 is 37.9 Å². The van der Waals surface area contributed by atoms with Crippen molar-refractivity contribution in [1.82, 2.24) is 0 Å². The van der Waals surface area contributed by atoms with Crippen molar-refractivity contribution in [3.63, 3.8) is 0 Å². The van der Waals surface area contributed by atoms with E-state index < -0.39 is 20.8 Å². The Kier molecular flexibility index (Phi) is 6.44. The van der Waals surface area contributed by atoms with Crippen molar-refractivity contribution >= 4 is 17.0 Å². The van der Waals surface area contributed by atoms with E-state index in [9.17, 15) is 0 Å². The molecule has 0 saturated heterocycles. The molecule has 3 heteroatoms. The maximum atomic E-state index is 4.93. The predicted octanol–water partition coefficient (Wildman–Crippen LogP) is 8.41. The van der Waals surface area contributed by atoms with Crippen LogP contribution in [0.5, 0.6) is 0 Å². The zero-order valence-electron chi connectivity index (χ0n) is 18.3. The summed E-state index contributed by atoms with van der Waals surface area (Å²) < 4.78 is 0. The number of hydrogen-bond donors (Lipinski definition) is 0. The fourth-order valence-electron chi connectivity index (χ4n) is 5.45. The molecule has 0 spiro atoms. The van der Waals surface area contributed by atoms with Crippen molar-refractivity contribution in [3.8, 4) is 22.3 Å². The molecule has 2 aliphatic rings. The molecule has 0 fully saturated rings. The van der Waals surface area contributed by atoms with Crippen molar-refractivity contribution < 1.29 is 20.8 Å². The van der Waals surface area contributed by atoms with Crippen LogP contribution in [-0.4, -0.2) is 0 Å². The average molecular weight is 535 g/mol. The molecule has 0 atom stereocenters. The molecule has 0 heterocycles. The molecule has 4 aromatic carbocycles. The van der Waals surface area contributed by atoms with Gasteiger partial charge in [-0.05, 0) is 99.9 Å². The second-order valence-electron chi connectivity index (χ2n) is 8.69. The first kappa shape index (κ1) is 22.2. The fourth-order valence-corrected chi connectivity index (χ4v) is 5.45. The molecular weight excluding hydrogens is 510 g/mol. The number of aryl methyl sites for hydroxylation is 2. The van der Waals surface area contributed by atoms with Crippen molar-refractivity contribution in [3.05, 3.63) is 117 Å². The van der Waals surface area contributed by atoms with E-state index in [4.69, 9.17) is 17.0 Å². The Labute approximate surface area is 209 Å². The predicted molar refractivity (Wildman–Crippen MR) is 133 cm³/mol. The van der Waals surface area contributed by atoms with Crippen LogP contribution in [0.15, 0.2) is 72.8 Å². The minimum absolute atomic E-state index is 0.826. The standard InChI is InChI=1S/C29H24.2ClH.Zr/c1-18-11-13-24-22-9-5-3-7-20(22)15-28(24)26(18)17-27-19(2)12-14-25-23-10-6-4-8-21(23)16-29(25)27;;;/h3-14H,15-17H2,1-2H3;2*1H;/q;;;+2/p-2. The van der Waals surface area contributed by atoms with Crippen LogP contribution >= 0.6 is 17.0 Å². The summed E-state index contributed by atoms with van der Waals surface area (Å²) in [7, 11) is 9.87. The van der Waals surface area contributed by atoms with E-state index in [2.05, 4.69) is 86.6 Å². The summed E-state index contributed by atoms with van der Waals surface area (Å²) in [4.78, 5) is 0. The van der Waals surface area contributed by atoms with Crippen LogP contribution in [-0.2, 0) is 40.1 Å². The third-order valence-corrected chi connectivity index (χ3v) is 7.03. The number of halogens is 2. The van der Waals surface area contributed by atoms with Gasteiger partial charge in [0.2, 0.25) is 0 Å². The molecule has 32 heavy (non-hydrogen) atoms. The summed E-state index contributed by atoms with van der Waals surface area (Å²) in [6.07, 6.45) is 3.17. The molecule has 0 saturated carbocycles. The Morgan fingerprint density at radius 1 is 0.594 bits per heavy atom. The first-order valence-electron chi connectivity index (χ1n) is 11.0. The van der Waals surface area contributed by atoms with Crippen molar-refractivity contribution in [2.75, 3.05) is 0 Å². The molecule has 0 bridgehead atoms. The molecule has 0 radical (unpaired) electrons. The van der Waals surface area contributed by atoms with E-state index in [1.807, 2.05) is 0 Å². The Bertz CT molecular complexity index is 1220. The second kappa shape index (κ2) is 9.30. The van der Waals surface area contributed by atoms with Crippen molar-refractivity contribution in [2.45, 2.75) is 33.1 Å². The Morgan fingerprint density at radius 2 is 1.00 bits per heavy atom. The van der Waals surface area contributed by atoms with E-state index >= 15 is 0 Å². The number of benzene rings is 4. The first-order chi connectivity index (χ1) is 15.6. The van der Waals surface area contributed by atoms with Crippen LogP contribution in [0.1, 0.15) is 44.5 Å².